The molecule has 0 spiro atoms. The van der Waals surface area contributed by atoms with Crippen LogP contribution in [0.25, 0.3) is 0 Å². The third-order valence-electron chi connectivity index (χ3n) is 2.20. The molecular weight excluding hydrogens is 226 g/mol. The lowest BCUT2D eigenvalue weighted by atomic mass is 10.3. The van der Waals surface area contributed by atoms with E-state index in [1.807, 2.05) is 6.26 Å². The number of anilines is 2. The third-order valence-corrected chi connectivity index (χ3v) is 4.20. The number of hydrogen-bond donors (Lipinski definition) is 2. The minimum Gasteiger partial charge on any atom is -0.396 e. The molecule has 0 aliphatic heterocycles. The first-order valence-corrected chi connectivity index (χ1v) is 6.81. The zero-order valence-electron chi connectivity index (χ0n) is 9.13. The number of nitrogens with zero attached hydrogens (tertiary/aromatic N) is 1. The van der Waals surface area contributed by atoms with Gasteiger partial charge in [0, 0.05) is 6.04 Å². The smallest absolute Gasteiger partial charge is 0.131 e. The Bertz CT molecular complexity index is 379. The van der Waals surface area contributed by atoms with Crippen LogP contribution in [0.2, 0.25) is 0 Å². The van der Waals surface area contributed by atoms with Crippen molar-refractivity contribution in [1.82, 2.24) is 0 Å². The quantitative estimate of drug-likeness (QED) is 0.795. The minimum atomic E-state index is 0.403. The summed E-state index contributed by atoms with van der Waals surface area (Å²) in [5, 5.41) is 13.3. The lowest BCUT2D eigenvalue weighted by Gasteiger charge is -2.12. The average Bonchev–Trinajstić information content (AvgIpc) is 2.54. The van der Waals surface area contributed by atoms with E-state index < -0.39 is 0 Å². The molecule has 1 aromatic heterocycles. The van der Waals surface area contributed by atoms with E-state index in [0.29, 0.717) is 16.6 Å². The monoisotopic (exact) mass is 241 g/mol. The Morgan fingerprint density at radius 1 is 1.67 bits per heavy atom. The normalized spacial score (nSPS) is 12.1. The maximum Gasteiger partial charge on any atom is 0.131 e. The summed E-state index contributed by atoms with van der Waals surface area (Å²) >= 11 is 3.02. The maximum atomic E-state index is 8.89. The maximum absolute atomic E-state index is 8.89. The second-order valence-electron chi connectivity index (χ2n) is 3.27. The van der Waals surface area contributed by atoms with Crippen LogP contribution in [-0.4, -0.2) is 12.3 Å². The molecule has 1 rings (SSSR count). The van der Waals surface area contributed by atoms with E-state index in [-0.39, 0.29) is 0 Å². The Morgan fingerprint density at radius 3 is 2.80 bits per heavy atom. The predicted octanol–water partition coefficient (Wildman–Crippen LogP) is 3.13. The number of thioether (sulfide) groups is 1. The topological polar surface area (TPSA) is 61.8 Å². The fraction of sp³-hybridized carbons (Fsp3) is 0.500. The zero-order chi connectivity index (χ0) is 11.4. The van der Waals surface area contributed by atoms with Crippen molar-refractivity contribution in [3.63, 3.8) is 0 Å². The molecule has 0 bridgehead atoms. The van der Waals surface area contributed by atoms with Crippen molar-refractivity contribution >= 4 is 33.8 Å². The molecule has 3 N–H and O–H groups in total. The molecule has 1 heterocycles. The van der Waals surface area contributed by atoms with Crippen LogP contribution in [0, 0.1) is 11.3 Å². The third kappa shape index (κ3) is 2.58. The van der Waals surface area contributed by atoms with Crippen LogP contribution in [0.5, 0.6) is 0 Å². The van der Waals surface area contributed by atoms with Crippen LogP contribution in [0.3, 0.4) is 0 Å². The Balaban J connectivity index is 3.02. The summed E-state index contributed by atoms with van der Waals surface area (Å²) < 4.78 is 0. The Morgan fingerprint density at radius 2 is 2.33 bits per heavy atom. The van der Waals surface area contributed by atoms with Crippen molar-refractivity contribution in [2.45, 2.75) is 31.2 Å². The van der Waals surface area contributed by atoms with Gasteiger partial charge in [0.1, 0.15) is 15.9 Å². The van der Waals surface area contributed by atoms with E-state index in [1.54, 1.807) is 11.8 Å². The molecule has 0 aromatic carbocycles. The van der Waals surface area contributed by atoms with Crippen molar-refractivity contribution in [2.75, 3.05) is 17.3 Å². The molecule has 82 valence electrons. The molecule has 0 saturated carbocycles. The van der Waals surface area contributed by atoms with Crippen LogP contribution in [0.1, 0.15) is 25.1 Å². The summed E-state index contributed by atoms with van der Waals surface area (Å²) in [6.07, 6.45) is 3.02. The van der Waals surface area contributed by atoms with Gasteiger partial charge in [-0.1, -0.05) is 6.92 Å². The molecular formula is C10H15N3S2. The Kier molecular flexibility index (Phi) is 4.30. The molecule has 3 nitrogen and oxygen atoms in total. The van der Waals surface area contributed by atoms with Gasteiger partial charge >= 0.3 is 0 Å². The van der Waals surface area contributed by atoms with Gasteiger partial charge in [0.2, 0.25) is 0 Å². The molecule has 0 radical (unpaired) electrons. The standard InChI is InChI=1S/C10H15N3S2/c1-4-6(2)13-10-9(14-3)8(12)7(5-11)15-10/h6,13H,4,12H2,1-3H3. The summed E-state index contributed by atoms with van der Waals surface area (Å²) in [5.74, 6) is 0. The lowest BCUT2D eigenvalue weighted by Crippen LogP contribution is -2.12. The van der Waals surface area contributed by atoms with Crippen molar-refractivity contribution in [3.05, 3.63) is 4.88 Å². The van der Waals surface area contributed by atoms with Gasteiger partial charge in [-0.2, -0.15) is 5.26 Å². The largest absolute Gasteiger partial charge is 0.396 e. The SMILES string of the molecule is CCC(C)Nc1sc(C#N)c(N)c1SC. The second kappa shape index (κ2) is 5.29. The first-order valence-electron chi connectivity index (χ1n) is 4.76. The van der Waals surface area contributed by atoms with E-state index >= 15 is 0 Å². The molecule has 0 aliphatic rings. The number of nitriles is 1. The molecule has 1 aromatic rings. The molecule has 0 saturated heterocycles. The fourth-order valence-corrected chi connectivity index (χ4v) is 3.07. The highest BCUT2D eigenvalue weighted by molar-refractivity contribution is 7.99. The molecule has 1 atom stereocenters. The summed E-state index contributed by atoms with van der Waals surface area (Å²) in [6.45, 7) is 4.24. The molecule has 0 fully saturated rings. The van der Waals surface area contributed by atoms with Crippen LogP contribution in [0.4, 0.5) is 10.7 Å². The molecule has 15 heavy (non-hydrogen) atoms. The highest BCUT2D eigenvalue weighted by atomic mass is 32.2. The van der Waals surface area contributed by atoms with Crippen LogP contribution in [-0.2, 0) is 0 Å². The van der Waals surface area contributed by atoms with E-state index in [0.717, 1.165) is 16.3 Å². The fourth-order valence-electron chi connectivity index (χ4n) is 1.14. The molecule has 0 amide bonds. The zero-order valence-corrected chi connectivity index (χ0v) is 10.8. The van der Waals surface area contributed by atoms with Gasteiger partial charge in [0.15, 0.2) is 0 Å². The summed E-state index contributed by atoms with van der Waals surface area (Å²) in [6, 6.07) is 2.53. The molecule has 5 heteroatoms. The minimum absolute atomic E-state index is 0.403. The number of rotatable bonds is 4. The number of nitrogen functional groups attached to an aromatic ring is 1. The Labute approximate surface area is 98.7 Å². The van der Waals surface area contributed by atoms with Crippen LogP contribution < -0.4 is 11.1 Å². The van der Waals surface area contributed by atoms with Gasteiger partial charge < -0.3 is 11.1 Å². The molecule has 1 unspecified atom stereocenters. The number of thiophene rings is 1. The average molecular weight is 241 g/mol. The van der Waals surface area contributed by atoms with Crippen LogP contribution >= 0.6 is 23.1 Å². The predicted molar refractivity (Wildman–Crippen MR) is 68.6 cm³/mol. The first-order chi connectivity index (χ1) is 7.13. The van der Waals surface area contributed by atoms with Gasteiger partial charge in [0.25, 0.3) is 0 Å². The van der Waals surface area contributed by atoms with Crippen molar-refractivity contribution in [3.8, 4) is 6.07 Å². The number of hydrogen-bond acceptors (Lipinski definition) is 5. The van der Waals surface area contributed by atoms with Gasteiger partial charge in [-0.25, -0.2) is 0 Å². The van der Waals surface area contributed by atoms with E-state index in [4.69, 9.17) is 11.0 Å². The summed E-state index contributed by atoms with van der Waals surface area (Å²) in [4.78, 5) is 1.60. The van der Waals surface area contributed by atoms with Crippen molar-refractivity contribution in [2.24, 2.45) is 0 Å². The van der Waals surface area contributed by atoms with Crippen molar-refractivity contribution in [1.29, 1.82) is 5.26 Å². The first kappa shape index (κ1) is 12.2. The number of nitrogens with two attached hydrogens (primary N) is 1. The van der Waals surface area contributed by atoms with Gasteiger partial charge in [0.05, 0.1) is 10.6 Å². The number of nitrogens with one attached hydrogen (secondary N) is 1. The van der Waals surface area contributed by atoms with Gasteiger partial charge in [-0.05, 0) is 19.6 Å². The lowest BCUT2D eigenvalue weighted by molar-refractivity contribution is 0.764. The highest BCUT2D eigenvalue weighted by Crippen LogP contribution is 2.41. The highest BCUT2D eigenvalue weighted by Gasteiger charge is 2.15. The van der Waals surface area contributed by atoms with Gasteiger partial charge in [-0.15, -0.1) is 23.1 Å². The van der Waals surface area contributed by atoms with E-state index in [2.05, 4.69) is 25.2 Å². The van der Waals surface area contributed by atoms with Crippen LogP contribution in [0.15, 0.2) is 4.90 Å². The summed E-state index contributed by atoms with van der Waals surface area (Å²) in [5.41, 5.74) is 6.48. The van der Waals surface area contributed by atoms with E-state index in [1.165, 1.54) is 11.3 Å². The van der Waals surface area contributed by atoms with Gasteiger partial charge in [-0.3, -0.25) is 0 Å². The summed E-state index contributed by atoms with van der Waals surface area (Å²) in [7, 11) is 0. The van der Waals surface area contributed by atoms with Crippen molar-refractivity contribution < 1.29 is 0 Å². The molecule has 0 aliphatic carbocycles. The van der Waals surface area contributed by atoms with E-state index in [9.17, 15) is 0 Å². The second-order valence-corrected chi connectivity index (χ2v) is 5.11. The Hall–Kier alpha value is -0.860.